The maximum absolute atomic E-state index is 10.7. The largest absolute Gasteiger partial charge is 0.481 e. The summed E-state index contributed by atoms with van der Waals surface area (Å²) in [6, 6.07) is 0. The topological polar surface area (TPSA) is 53.1 Å². The van der Waals surface area contributed by atoms with Crippen LogP contribution in [0.1, 0.15) is 17.5 Å². The molecular formula is C9H11NO2. The van der Waals surface area contributed by atoms with Crippen molar-refractivity contribution in [1.29, 1.82) is 0 Å². The molecule has 0 saturated carbocycles. The number of carboxylic acids is 1. The van der Waals surface area contributed by atoms with Gasteiger partial charge < -0.3 is 10.1 Å². The molecule has 3 nitrogen and oxygen atoms in total. The van der Waals surface area contributed by atoms with Crippen LogP contribution in [0.25, 0.3) is 0 Å². The van der Waals surface area contributed by atoms with Crippen LogP contribution in [0, 0.1) is 5.92 Å². The second-order valence-electron chi connectivity index (χ2n) is 3.28. The standard InChI is InChI=1S/C9H11NO2/c11-9(12)6-1-2-7-4-10-5-8(7)3-6/h4-6,10H,1-3H2,(H,11,12). The maximum atomic E-state index is 10.7. The van der Waals surface area contributed by atoms with Crippen molar-refractivity contribution in [2.45, 2.75) is 19.3 Å². The lowest BCUT2D eigenvalue weighted by Gasteiger charge is -2.17. The van der Waals surface area contributed by atoms with Gasteiger partial charge in [0.15, 0.2) is 0 Å². The third-order valence-electron chi connectivity index (χ3n) is 2.51. The molecule has 0 aromatic carbocycles. The summed E-state index contributed by atoms with van der Waals surface area (Å²) < 4.78 is 0. The van der Waals surface area contributed by atoms with Gasteiger partial charge in [0.25, 0.3) is 0 Å². The van der Waals surface area contributed by atoms with E-state index in [-0.39, 0.29) is 5.92 Å². The molecule has 0 amide bonds. The van der Waals surface area contributed by atoms with E-state index in [0.29, 0.717) is 6.42 Å². The summed E-state index contributed by atoms with van der Waals surface area (Å²) >= 11 is 0. The van der Waals surface area contributed by atoms with Crippen LogP contribution in [0.4, 0.5) is 0 Å². The molecule has 2 N–H and O–H groups in total. The van der Waals surface area contributed by atoms with E-state index in [1.165, 1.54) is 11.1 Å². The summed E-state index contributed by atoms with van der Waals surface area (Å²) in [6.07, 6.45) is 6.24. The first-order valence-electron chi connectivity index (χ1n) is 4.14. The van der Waals surface area contributed by atoms with Crippen LogP contribution < -0.4 is 0 Å². The van der Waals surface area contributed by atoms with E-state index in [1.807, 2.05) is 12.4 Å². The number of aliphatic carboxylic acids is 1. The first-order valence-corrected chi connectivity index (χ1v) is 4.14. The van der Waals surface area contributed by atoms with E-state index in [1.54, 1.807) is 0 Å². The second-order valence-corrected chi connectivity index (χ2v) is 3.28. The zero-order valence-electron chi connectivity index (χ0n) is 6.71. The van der Waals surface area contributed by atoms with Gasteiger partial charge in [-0.3, -0.25) is 4.79 Å². The highest BCUT2D eigenvalue weighted by atomic mass is 16.4. The molecular weight excluding hydrogens is 154 g/mol. The minimum absolute atomic E-state index is 0.173. The Morgan fingerprint density at radius 3 is 3.00 bits per heavy atom. The minimum Gasteiger partial charge on any atom is -0.481 e. The number of H-pyrrole nitrogens is 1. The van der Waals surface area contributed by atoms with Gasteiger partial charge in [0.2, 0.25) is 0 Å². The van der Waals surface area contributed by atoms with Crippen molar-refractivity contribution in [3.05, 3.63) is 23.5 Å². The Bertz CT molecular complexity index is 303. The van der Waals surface area contributed by atoms with Crippen molar-refractivity contribution >= 4 is 5.97 Å². The van der Waals surface area contributed by atoms with Crippen LogP contribution in [-0.4, -0.2) is 16.1 Å². The number of carbonyl (C=O) groups is 1. The molecule has 2 rings (SSSR count). The van der Waals surface area contributed by atoms with Crippen molar-refractivity contribution in [3.8, 4) is 0 Å². The van der Waals surface area contributed by atoms with Gasteiger partial charge in [-0.25, -0.2) is 0 Å². The molecule has 1 atom stereocenters. The number of carboxylic acid groups (broad SMARTS) is 1. The molecule has 1 aromatic rings. The highest BCUT2D eigenvalue weighted by Crippen LogP contribution is 2.24. The molecule has 1 aliphatic carbocycles. The monoisotopic (exact) mass is 165 g/mol. The number of aryl methyl sites for hydroxylation is 1. The van der Waals surface area contributed by atoms with E-state index in [4.69, 9.17) is 5.11 Å². The molecule has 1 unspecified atom stereocenters. The van der Waals surface area contributed by atoms with Crippen LogP contribution in [0.5, 0.6) is 0 Å². The van der Waals surface area contributed by atoms with Crippen LogP contribution in [0.2, 0.25) is 0 Å². The minimum atomic E-state index is -0.665. The summed E-state index contributed by atoms with van der Waals surface area (Å²) in [4.78, 5) is 13.7. The molecule has 12 heavy (non-hydrogen) atoms. The van der Waals surface area contributed by atoms with Crippen molar-refractivity contribution < 1.29 is 9.90 Å². The van der Waals surface area contributed by atoms with Gasteiger partial charge in [-0.05, 0) is 30.4 Å². The van der Waals surface area contributed by atoms with Gasteiger partial charge >= 0.3 is 5.97 Å². The smallest absolute Gasteiger partial charge is 0.306 e. The molecule has 0 aliphatic heterocycles. The molecule has 1 aromatic heterocycles. The van der Waals surface area contributed by atoms with Crippen LogP contribution in [0.3, 0.4) is 0 Å². The maximum Gasteiger partial charge on any atom is 0.306 e. The lowest BCUT2D eigenvalue weighted by molar-refractivity contribution is -0.142. The van der Waals surface area contributed by atoms with Crippen LogP contribution >= 0.6 is 0 Å². The second kappa shape index (κ2) is 2.66. The molecule has 1 heterocycles. The number of aromatic nitrogens is 1. The Morgan fingerprint density at radius 1 is 1.50 bits per heavy atom. The summed E-state index contributed by atoms with van der Waals surface area (Å²) in [5.74, 6) is -0.838. The average Bonchev–Trinajstić information content (AvgIpc) is 2.49. The molecule has 0 fully saturated rings. The Hall–Kier alpha value is -1.25. The van der Waals surface area contributed by atoms with E-state index >= 15 is 0 Å². The normalized spacial score (nSPS) is 21.8. The van der Waals surface area contributed by atoms with Gasteiger partial charge in [0, 0.05) is 12.4 Å². The first-order chi connectivity index (χ1) is 5.77. The molecule has 0 spiro atoms. The third-order valence-corrected chi connectivity index (χ3v) is 2.51. The lowest BCUT2D eigenvalue weighted by atomic mass is 9.86. The molecule has 0 saturated heterocycles. The molecule has 3 heteroatoms. The van der Waals surface area contributed by atoms with Crippen molar-refractivity contribution in [3.63, 3.8) is 0 Å². The quantitative estimate of drug-likeness (QED) is 0.657. The number of nitrogens with one attached hydrogen (secondary N) is 1. The number of hydrogen-bond acceptors (Lipinski definition) is 1. The first kappa shape index (κ1) is 7.40. The Morgan fingerprint density at radius 2 is 2.25 bits per heavy atom. The number of rotatable bonds is 1. The highest BCUT2D eigenvalue weighted by Gasteiger charge is 2.24. The lowest BCUT2D eigenvalue weighted by Crippen LogP contribution is -2.21. The SMILES string of the molecule is O=C(O)C1CCc2c[nH]cc2C1. The van der Waals surface area contributed by atoms with Gasteiger partial charge in [0.05, 0.1) is 5.92 Å². The van der Waals surface area contributed by atoms with E-state index in [0.717, 1.165) is 12.8 Å². The van der Waals surface area contributed by atoms with Gasteiger partial charge in [0.1, 0.15) is 0 Å². The fraction of sp³-hybridized carbons (Fsp3) is 0.444. The van der Waals surface area contributed by atoms with Crippen molar-refractivity contribution in [2.75, 3.05) is 0 Å². The Balaban J connectivity index is 2.20. The summed E-state index contributed by atoms with van der Waals surface area (Å²) in [5.41, 5.74) is 2.46. The zero-order chi connectivity index (χ0) is 8.55. The third kappa shape index (κ3) is 1.11. The fourth-order valence-corrected chi connectivity index (χ4v) is 1.76. The summed E-state index contributed by atoms with van der Waals surface area (Å²) in [6.45, 7) is 0. The number of fused-ring (bicyclic) bond motifs is 1. The highest BCUT2D eigenvalue weighted by molar-refractivity contribution is 5.70. The summed E-state index contributed by atoms with van der Waals surface area (Å²) in [5, 5.41) is 8.79. The van der Waals surface area contributed by atoms with Crippen LogP contribution in [-0.2, 0) is 17.6 Å². The molecule has 1 aliphatic rings. The van der Waals surface area contributed by atoms with E-state index < -0.39 is 5.97 Å². The number of aromatic amines is 1. The van der Waals surface area contributed by atoms with Gasteiger partial charge in [-0.1, -0.05) is 0 Å². The predicted octanol–water partition coefficient (Wildman–Crippen LogP) is 1.20. The average molecular weight is 165 g/mol. The van der Waals surface area contributed by atoms with Crippen LogP contribution in [0.15, 0.2) is 12.4 Å². The molecule has 0 radical (unpaired) electrons. The zero-order valence-corrected chi connectivity index (χ0v) is 6.71. The number of hydrogen-bond donors (Lipinski definition) is 2. The predicted molar refractivity (Wildman–Crippen MR) is 43.9 cm³/mol. The van der Waals surface area contributed by atoms with Crippen molar-refractivity contribution in [2.24, 2.45) is 5.92 Å². The van der Waals surface area contributed by atoms with E-state index in [2.05, 4.69) is 4.98 Å². The van der Waals surface area contributed by atoms with Gasteiger partial charge in [-0.15, -0.1) is 0 Å². The fourth-order valence-electron chi connectivity index (χ4n) is 1.76. The molecule has 0 bridgehead atoms. The summed E-state index contributed by atoms with van der Waals surface area (Å²) in [7, 11) is 0. The van der Waals surface area contributed by atoms with Gasteiger partial charge in [-0.2, -0.15) is 0 Å². The van der Waals surface area contributed by atoms with Crippen molar-refractivity contribution in [1.82, 2.24) is 4.98 Å². The molecule has 64 valence electrons. The Labute approximate surface area is 70.4 Å². The Kier molecular flexibility index (Phi) is 1.64. The van der Waals surface area contributed by atoms with E-state index in [9.17, 15) is 4.79 Å².